The Bertz CT molecular complexity index is 1500. The van der Waals surface area contributed by atoms with Crippen molar-refractivity contribution in [1.82, 2.24) is 10.2 Å². The second-order valence-corrected chi connectivity index (χ2v) is 13.7. The first-order valence-corrected chi connectivity index (χ1v) is 15.5. The Hall–Kier alpha value is -3.07. The van der Waals surface area contributed by atoms with Gasteiger partial charge in [-0.2, -0.15) is 0 Å². The van der Waals surface area contributed by atoms with Gasteiger partial charge in [-0.15, -0.1) is 0 Å². The minimum absolute atomic E-state index is 0.0204. The van der Waals surface area contributed by atoms with Crippen LogP contribution in [-0.2, 0) is 26.2 Å². The molecule has 0 unspecified atom stereocenters. The van der Waals surface area contributed by atoms with Crippen LogP contribution in [0.2, 0.25) is 10.0 Å². The molecule has 1 N–H and O–H groups in total. The lowest BCUT2D eigenvalue weighted by atomic mass is 10.1. The van der Waals surface area contributed by atoms with Crippen LogP contribution in [0.4, 0.5) is 5.69 Å². The summed E-state index contributed by atoms with van der Waals surface area (Å²) in [6.07, 6.45) is 0.308. The minimum atomic E-state index is -4.18. The van der Waals surface area contributed by atoms with Gasteiger partial charge in [0.1, 0.15) is 12.6 Å². The number of amides is 2. The van der Waals surface area contributed by atoms with Crippen LogP contribution in [0.15, 0.2) is 71.6 Å². The molecule has 41 heavy (non-hydrogen) atoms. The van der Waals surface area contributed by atoms with E-state index in [9.17, 15) is 18.0 Å². The maximum atomic E-state index is 14.2. The molecule has 2 amide bonds. The average Bonchev–Trinajstić information content (AvgIpc) is 2.87. The monoisotopic (exact) mass is 617 g/mol. The second-order valence-electron chi connectivity index (χ2n) is 11.0. The van der Waals surface area contributed by atoms with Crippen molar-refractivity contribution in [2.45, 2.75) is 71.0 Å². The highest BCUT2D eigenvalue weighted by Crippen LogP contribution is 2.30. The Morgan fingerprint density at radius 1 is 0.951 bits per heavy atom. The second kappa shape index (κ2) is 13.3. The molecule has 7 nitrogen and oxygen atoms in total. The maximum Gasteiger partial charge on any atom is 0.264 e. The first-order valence-electron chi connectivity index (χ1n) is 13.3. The SMILES string of the molecule is CC[C@H](C(=O)NC(C)(C)C)N(Cc1ccccc1Cl)C(=O)CN(c1ccc(Cl)cc1C)S(=O)(=O)c1ccc(C)cc1. The lowest BCUT2D eigenvalue weighted by Crippen LogP contribution is -2.55. The third kappa shape index (κ3) is 8.24. The molecule has 0 aliphatic carbocycles. The van der Waals surface area contributed by atoms with Gasteiger partial charge >= 0.3 is 0 Å². The molecule has 0 spiro atoms. The van der Waals surface area contributed by atoms with Gasteiger partial charge in [-0.05, 0) is 88.6 Å². The summed E-state index contributed by atoms with van der Waals surface area (Å²) in [4.78, 5) is 29.1. The molecule has 1 atom stereocenters. The van der Waals surface area contributed by atoms with Gasteiger partial charge in [0.25, 0.3) is 10.0 Å². The maximum absolute atomic E-state index is 14.2. The van der Waals surface area contributed by atoms with Crippen molar-refractivity contribution in [1.29, 1.82) is 0 Å². The van der Waals surface area contributed by atoms with E-state index in [2.05, 4.69) is 5.32 Å². The van der Waals surface area contributed by atoms with Gasteiger partial charge in [-0.25, -0.2) is 8.42 Å². The summed E-state index contributed by atoms with van der Waals surface area (Å²) in [5.41, 5.74) is 1.89. The van der Waals surface area contributed by atoms with Crippen LogP contribution in [0.3, 0.4) is 0 Å². The molecule has 0 radical (unpaired) electrons. The highest BCUT2D eigenvalue weighted by atomic mass is 35.5. The van der Waals surface area contributed by atoms with Crippen molar-refractivity contribution in [2.24, 2.45) is 0 Å². The predicted molar refractivity (Wildman–Crippen MR) is 166 cm³/mol. The van der Waals surface area contributed by atoms with Crippen molar-refractivity contribution >= 4 is 50.7 Å². The van der Waals surface area contributed by atoms with Gasteiger partial charge in [0.05, 0.1) is 10.6 Å². The van der Waals surface area contributed by atoms with E-state index < -0.39 is 34.1 Å². The van der Waals surface area contributed by atoms with Crippen molar-refractivity contribution < 1.29 is 18.0 Å². The average molecular weight is 619 g/mol. The Labute approximate surface area is 253 Å². The normalized spacial score (nSPS) is 12.5. The topological polar surface area (TPSA) is 86.8 Å². The summed E-state index contributed by atoms with van der Waals surface area (Å²) < 4.78 is 29.2. The molecule has 0 aromatic heterocycles. The number of hydrogen-bond acceptors (Lipinski definition) is 4. The van der Waals surface area contributed by atoms with E-state index in [1.165, 1.54) is 17.0 Å². The fourth-order valence-electron chi connectivity index (χ4n) is 4.43. The lowest BCUT2D eigenvalue weighted by molar-refractivity contribution is -0.141. The van der Waals surface area contributed by atoms with Crippen LogP contribution >= 0.6 is 23.2 Å². The van der Waals surface area contributed by atoms with Crippen LogP contribution in [-0.4, -0.2) is 43.3 Å². The third-order valence-electron chi connectivity index (χ3n) is 6.50. The molecule has 0 saturated carbocycles. The van der Waals surface area contributed by atoms with Crippen LogP contribution < -0.4 is 9.62 Å². The Morgan fingerprint density at radius 3 is 2.15 bits per heavy atom. The van der Waals surface area contributed by atoms with Crippen LogP contribution in [0, 0.1) is 13.8 Å². The highest BCUT2D eigenvalue weighted by molar-refractivity contribution is 7.92. The number of halogens is 2. The molecule has 10 heteroatoms. The molecule has 220 valence electrons. The van der Waals surface area contributed by atoms with E-state index in [0.717, 1.165) is 9.87 Å². The Morgan fingerprint density at radius 2 is 1.59 bits per heavy atom. The molecule has 0 bridgehead atoms. The van der Waals surface area contributed by atoms with E-state index in [4.69, 9.17) is 23.2 Å². The van der Waals surface area contributed by atoms with Crippen molar-refractivity contribution in [3.8, 4) is 0 Å². The number of hydrogen-bond donors (Lipinski definition) is 1. The molecular formula is C31H37Cl2N3O4S. The highest BCUT2D eigenvalue weighted by Gasteiger charge is 2.35. The third-order valence-corrected chi connectivity index (χ3v) is 8.88. The van der Waals surface area contributed by atoms with Gasteiger partial charge in [-0.3, -0.25) is 13.9 Å². The molecule has 0 aliphatic heterocycles. The Balaban J connectivity index is 2.12. The zero-order chi connectivity index (χ0) is 30.5. The number of rotatable bonds is 10. The zero-order valence-electron chi connectivity index (χ0n) is 24.2. The molecule has 3 aromatic rings. The van der Waals surface area contributed by atoms with E-state index in [-0.39, 0.29) is 17.3 Å². The van der Waals surface area contributed by atoms with Crippen LogP contribution in [0.5, 0.6) is 0 Å². The molecule has 0 aliphatic rings. The number of anilines is 1. The van der Waals surface area contributed by atoms with Gasteiger partial charge in [-0.1, -0.05) is 66.0 Å². The molecular weight excluding hydrogens is 581 g/mol. The molecule has 0 fully saturated rings. The quantitative estimate of drug-likeness (QED) is 0.280. The Kier molecular flexibility index (Phi) is 10.5. The number of carbonyl (C=O) groups is 2. The number of nitrogens with zero attached hydrogens (tertiary/aromatic N) is 2. The van der Waals surface area contributed by atoms with E-state index in [0.29, 0.717) is 33.3 Å². The summed E-state index contributed by atoms with van der Waals surface area (Å²) in [6.45, 7) is 10.5. The van der Waals surface area contributed by atoms with E-state index in [1.807, 2.05) is 34.6 Å². The predicted octanol–water partition coefficient (Wildman–Crippen LogP) is 6.53. The summed E-state index contributed by atoms with van der Waals surface area (Å²) >= 11 is 12.6. The molecule has 3 rings (SSSR count). The van der Waals surface area contributed by atoms with Crippen molar-refractivity contribution in [3.05, 3.63) is 93.5 Å². The fourth-order valence-corrected chi connectivity index (χ4v) is 6.33. The summed E-state index contributed by atoms with van der Waals surface area (Å²) in [5.74, 6) is -0.887. The molecule has 0 heterocycles. The summed E-state index contributed by atoms with van der Waals surface area (Å²) in [6, 6.07) is 17.4. The number of nitrogens with one attached hydrogen (secondary N) is 1. The number of aryl methyl sites for hydroxylation is 2. The first-order chi connectivity index (χ1) is 19.1. The van der Waals surface area contributed by atoms with Crippen LogP contribution in [0.1, 0.15) is 50.8 Å². The molecule has 0 saturated heterocycles. The lowest BCUT2D eigenvalue weighted by Gasteiger charge is -2.35. The van der Waals surface area contributed by atoms with Crippen molar-refractivity contribution in [2.75, 3.05) is 10.8 Å². The van der Waals surface area contributed by atoms with E-state index >= 15 is 0 Å². The molecule has 3 aromatic carbocycles. The number of carbonyl (C=O) groups excluding carboxylic acids is 2. The van der Waals surface area contributed by atoms with Gasteiger partial charge < -0.3 is 10.2 Å². The minimum Gasteiger partial charge on any atom is -0.350 e. The smallest absolute Gasteiger partial charge is 0.264 e. The standard InChI is InChI=1S/C31H37Cl2N3O4S/c1-7-27(30(38)34-31(4,5)6)35(19-23-10-8-9-11-26(23)33)29(37)20-36(28-17-14-24(32)18-22(28)3)41(39,40)25-15-12-21(2)13-16-25/h8-18,27H,7,19-20H2,1-6H3,(H,34,38)/t27-/m1/s1. The zero-order valence-corrected chi connectivity index (χ0v) is 26.6. The number of sulfonamides is 1. The number of benzene rings is 3. The summed E-state index contributed by atoms with van der Waals surface area (Å²) in [5, 5.41) is 3.83. The fraction of sp³-hybridized carbons (Fsp3) is 0.355. The van der Waals surface area contributed by atoms with Gasteiger partial charge in [0.15, 0.2) is 0 Å². The van der Waals surface area contributed by atoms with E-state index in [1.54, 1.807) is 61.5 Å². The first kappa shape index (κ1) is 32.4. The largest absolute Gasteiger partial charge is 0.350 e. The van der Waals surface area contributed by atoms with Gasteiger partial charge in [0.2, 0.25) is 11.8 Å². The van der Waals surface area contributed by atoms with Gasteiger partial charge in [0, 0.05) is 22.1 Å². The summed E-state index contributed by atoms with van der Waals surface area (Å²) in [7, 11) is -4.18. The van der Waals surface area contributed by atoms with Crippen LogP contribution in [0.25, 0.3) is 0 Å². The van der Waals surface area contributed by atoms with Crippen molar-refractivity contribution in [3.63, 3.8) is 0 Å².